The summed E-state index contributed by atoms with van der Waals surface area (Å²) in [7, 11) is 0. The van der Waals surface area contributed by atoms with E-state index in [4.69, 9.17) is 9.47 Å². The van der Waals surface area contributed by atoms with Crippen molar-refractivity contribution in [3.05, 3.63) is 81.0 Å². The number of morpholine rings is 1. The van der Waals surface area contributed by atoms with Gasteiger partial charge in [0.2, 0.25) is 5.95 Å². The Balaban J connectivity index is 1.79. The van der Waals surface area contributed by atoms with Crippen LogP contribution in [0.15, 0.2) is 47.3 Å². The molecule has 8 nitrogen and oxygen atoms in total. The number of rotatable bonds is 6. The molecular weight excluding hydrogens is 529 g/mol. The smallest absolute Gasteiger partial charge is 0.393 e. The molecule has 0 unspecified atom stereocenters. The molecule has 3 N–H and O–H groups in total. The van der Waals surface area contributed by atoms with E-state index in [-0.39, 0.29) is 25.2 Å². The Morgan fingerprint density at radius 1 is 1.13 bits per heavy atom. The lowest BCUT2D eigenvalue weighted by molar-refractivity contribution is -0.225. The van der Waals surface area contributed by atoms with Crippen molar-refractivity contribution in [2.75, 3.05) is 24.7 Å². The average Bonchev–Trinajstić information content (AvgIpc) is 3.28. The van der Waals surface area contributed by atoms with Gasteiger partial charge in [-0.1, -0.05) is 12.1 Å². The number of alkyl halides is 6. The lowest BCUT2D eigenvalue weighted by Gasteiger charge is -2.49. The Hall–Kier alpha value is -3.43. The molecule has 2 aromatic carbocycles. The van der Waals surface area contributed by atoms with Crippen molar-refractivity contribution in [2.24, 2.45) is 0 Å². The molecule has 0 saturated carbocycles. The van der Waals surface area contributed by atoms with E-state index in [9.17, 15) is 40.6 Å². The molecule has 1 aliphatic rings. The van der Waals surface area contributed by atoms with Crippen molar-refractivity contribution in [1.82, 2.24) is 15.2 Å². The van der Waals surface area contributed by atoms with E-state index in [0.717, 1.165) is 12.1 Å². The van der Waals surface area contributed by atoms with Crippen LogP contribution in [-0.2, 0) is 27.4 Å². The second-order valence-corrected chi connectivity index (χ2v) is 8.66. The number of aliphatic hydroxyl groups excluding tert-OH is 1. The van der Waals surface area contributed by atoms with Gasteiger partial charge in [-0.3, -0.25) is 4.98 Å². The van der Waals surface area contributed by atoms with Gasteiger partial charge in [-0.25, -0.2) is 14.3 Å². The van der Waals surface area contributed by atoms with Crippen LogP contribution >= 0.6 is 0 Å². The van der Waals surface area contributed by atoms with Crippen molar-refractivity contribution in [1.29, 1.82) is 0 Å². The zero-order valence-electron chi connectivity index (χ0n) is 19.5. The van der Waals surface area contributed by atoms with Gasteiger partial charge in [0.1, 0.15) is 17.5 Å². The predicted octanol–water partition coefficient (Wildman–Crippen LogP) is 4.10. The first-order chi connectivity index (χ1) is 17.7. The fourth-order valence-electron chi connectivity index (χ4n) is 4.28. The minimum absolute atomic E-state index is 0.0256. The van der Waals surface area contributed by atoms with E-state index in [1.54, 1.807) is 6.92 Å². The number of nitrogens with zero attached hydrogens (tertiary/aromatic N) is 2. The first-order valence-corrected chi connectivity index (χ1v) is 11.1. The van der Waals surface area contributed by atoms with Crippen LogP contribution in [0.5, 0.6) is 0 Å². The summed E-state index contributed by atoms with van der Waals surface area (Å²) in [5, 5.41) is 16.1. The van der Waals surface area contributed by atoms with E-state index >= 15 is 0 Å². The van der Waals surface area contributed by atoms with Crippen molar-refractivity contribution in [3.63, 3.8) is 0 Å². The number of H-pyrrole nitrogens is 2. The maximum absolute atomic E-state index is 13.7. The van der Waals surface area contributed by atoms with Crippen molar-refractivity contribution in [3.8, 4) is 0 Å². The quantitative estimate of drug-likeness (QED) is 0.400. The topological polar surface area (TPSA) is 103 Å². The second kappa shape index (κ2) is 10.0. The van der Waals surface area contributed by atoms with Crippen LogP contribution in [0.2, 0.25) is 0 Å². The summed E-state index contributed by atoms with van der Waals surface area (Å²) in [5.41, 5.74) is -5.50. The third kappa shape index (κ3) is 5.39. The van der Waals surface area contributed by atoms with Gasteiger partial charge in [0.15, 0.2) is 6.29 Å². The Labute approximate surface area is 210 Å². The lowest BCUT2D eigenvalue weighted by Crippen LogP contribution is -2.60. The molecule has 4 rings (SSSR count). The molecule has 0 radical (unpaired) electrons. The van der Waals surface area contributed by atoms with Gasteiger partial charge < -0.3 is 19.5 Å². The van der Waals surface area contributed by atoms with Crippen molar-refractivity contribution in [2.45, 2.75) is 37.2 Å². The maximum atomic E-state index is 13.7. The monoisotopic (exact) mass is 550 g/mol. The molecule has 0 bridgehead atoms. The third-order valence-corrected chi connectivity index (χ3v) is 6.21. The van der Waals surface area contributed by atoms with E-state index < -0.39 is 65.1 Å². The van der Waals surface area contributed by atoms with Gasteiger partial charge in [0.05, 0.1) is 24.3 Å². The van der Waals surface area contributed by atoms with Gasteiger partial charge in [-0.05, 0) is 48.4 Å². The highest BCUT2D eigenvalue weighted by Gasteiger charge is 2.49. The lowest BCUT2D eigenvalue weighted by atomic mass is 9.87. The van der Waals surface area contributed by atoms with Crippen LogP contribution in [-0.4, -0.2) is 46.3 Å². The summed E-state index contributed by atoms with van der Waals surface area (Å²) in [5.74, 6) is -0.555. The Bertz CT molecular complexity index is 1290. The fourth-order valence-corrected chi connectivity index (χ4v) is 4.28. The largest absolute Gasteiger partial charge is 0.416 e. The summed E-state index contributed by atoms with van der Waals surface area (Å²) in [6, 6.07) is 5.88. The van der Waals surface area contributed by atoms with Gasteiger partial charge >= 0.3 is 18.0 Å². The number of benzene rings is 2. The number of hydrogen-bond acceptors (Lipinski definition) is 6. The molecule has 38 heavy (non-hydrogen) atoms. The molecule has 0 amide bonds. The third-order valence-electron chi connectivity index (χ3n) is 6.21. The maximum Gasteiger partial charge on any atom is 0.416 e. The highest BCUT2D eigenvalue weighted by Crippen LogP contribution is 2.42. The van der Waals surface area contributed by atoms with Crippen LogP contribution in [0.4, 0.5) is 36.7 Å². The summed E-state index contributed by atoms with van der Waals surface area (Å²) in [6.07, 6.45) is -13.4. The van der Waals surface area contributed by atoms with Crippen molar-refractivity contribution < 1.29 is 45.3 Å². The normalized spacial score (nSPS) is 21.5. The zero-order chi connectivity index (χ0) is 27.9. The SMILES string of the molecule is C[C@]1(c2ccc(F)cc2)[C@@H](O[C@H](CO)c2cc(C(F)(F)F)cc(C(F)(F)F)c2)OCCN1c1n[nH]c(=O)[nH]1. The Kier molecular flexibility index (Phi) is 7.29. The molecule has 0 spiro atoms. The molecule has 2 heterocycles. The highest BCUT2D eigenvalue weighted by atomic mass is 19.4. The number of anilines is 1. The highest BCUT2D eigenvalue weighted by molar-refractivity contribution is 5.42. The number of aliphatic hydroxyl groups is 1. The predicted molar refractivity (Wildman–Crippen MR) is 117 cm³/mol. The van der Waals surface area contributed by atoms with Gasteiger partial charge in [-0.2, -0.15) is 26.3 Å². The van der Waals surface area contributed by atoms with Crippen LogP contribution in [0, 0.1) is 5.82 Å². The fraction of sp³-hybridized carbons (Fsp3) is 0.391. The van der Waals surface area contributed by atoms with Crippen LogP contribution < -0.4 is 10.6 Å². The molecule has 1 fully saturated rings. The van der Waals surface area contributed by atoms with E-state index in [2.05, 4.69) is 15.2 Å². The summed E-state index contributed by atoms with van der Waals surface area (Å²) in [6.45, 7) is 0.584. The molecule has 206 valence electrons. The van der Waals surface area contributed by atoms with Gasteiger partial charge in [0, 0.05) is 6.54 Å². The summed E-state index contributed by atoms with van der Waals surface area (Å²) < 4.78 is 106. The zero-order valence-corrected chi connectivity index (χ0v) is 19.5. The molecule has 1 aromatic heterocycles. The van der Waals surface area contributed by atoms with E-state index in [1.807, 2.05) is 0 Å². The molecule has 1 aliphatic heterocycles. The standard InChI is InChI=1S/C23H21F7N4O4/c1-21(13-2-4-16(24)5-3-13)18(37-7-6-34(21)19-31-20(36)33-32-19)38-17(11-35)12-8-14(22(25,26)27)10-15(9-12)23(28,29)30/h2-5,8-10,17-18,35H,6-7,11H2,1H3,(H2,31,32,33,36)/t17-,18-,21+/m1/s1. The van der Waals surface area contributed by atoms with Crippen LogP contribution in [0.3, 0.4) is 0 Å². The Morgan fingerprint density at radius 2 is 1.74 bits per heavy atom. The van der Waals surface area contributed by atoms with Crippen LogP contribution in [0.1, 0.15) is 35.3 Å². The number of aromatic nitrogens is 3. The number of nitrogens with one attached hydrogen (secondary N) is 2. The van der Waals surface area contributed by atoms with E-state index in [1.165, 1.54) is 17.0 Å². The van der Waals surface area contributed by atoms with Gasteiger partial charge in [0.25, 0.3) is 0 Å². The minimum atomic E-state index is -5.11. The van der Waals surface area contributed by atoms with Crippen molar-refractivity contribution >= 4 is 5.95 Å². The molecule has 3 aromatic rings. The summed E-state index contributed by atoms with van der Waals surface area (Å²) in [4.78, 5) is 15.7. The Morgan fingerprint density at radius 3 is 2.24 bits per heavy atom. The number of aromatic amines is 2. The number of ether oxygens (including phenoxy) is 2. The minimum Gasteiger partial charge on any atom is -0.393 e. The molecular formula is C23H21F7N4O4. The molecule has 1 saturated heterocycles. The second-order valence-electron chi connectivity index (χ2n) is 8.66. The number of hydrogen-bond donors (Lipinski definition) is 3. The molecule has 3 atom stereocenters. The first-order valence-electron chi connectivity index (χ1n) is 11.1. The first kappa shape index (κ1) is 27.6. The number of halogens is 7. The average molecular weight is 550 g/mol. The van der Waals surface area contributed by atoms with E-state index in [0.29, 0.717) is 17.7 Å². The van der Waals surface area contributed by atoms with Gasteiger partial charge in [-0.15, -0.1) is 5.10 Å². The van der Waals surface area contributed by atoms with Crippen LogP contribution in [0.25, 0.3) is 0 Å². The molecule has 15 heteroatoms. The summed E-state index contributed by atoms with van der Waals surface area (Å²) >= 11 is 0. The molecule has 0 aliphatic carbocycles.